The van der Waals surface area contributed by atoms with E-state index in [4.69, 9.17) is 9.47 Å². The van der Waals surface area contributed by atoms with E-state index in [1.54, 1.807) is 42.5 Å². The number of hydrogen-bond acceptors (Lipinski definition) is 3. The predicted molar refractivity (Wildman–Crippen MR) is 126 cm³/mol. The first-order valence-electron chi connectivity index (χ1n) is 11.5. The molecule has 0 amide bonds. The summed E-state index contributed by atoms with van der Waals surface area (Å²) in [6.45, 7) is 2.21. The van der Waals surface area contributed by atoms with Crippen molar-refractivity contribution in [1.29, 1.82) is 0 Å². The minimum Gasteiger partial charge on any atom is -0.462 e. The molecule has 0 radical (unpaired) electrons. The summed E-state index contributed by atoms with van der Waals surface area (Å²) >= 11 is 0. The summed E-state index contributed by atoms with van der Waals surface area (Å²) in [5, 5.41) is 9.57. The molecule has 178 valence electrons. The second kappa shape index (κ2) is 10.9. The van der Waals surface area contributed by atoms with Crippen LogP contribution in [0.3, 0.4) is 0 Å². The van der Waals surface area contributed by atoms with Gasteiger partial charge in [-0.2, -0.15) is 4.39 Å². The van der Waals surface area contributed by atoms with E-state index >= 15 is 0 Å². The molecule has 2 unspecified atom stereocenters. The fourth-order valence-electron chi connectivity index (χ4n) is 3.99. The highest BCUT2D eigenvalue weighted by molar-refractivity contribution is 5.71. The molecule has 2 atom stereocenters. The third kappa shape index (κ3) is 5.34. The zero-order valence-electron chi connectivity index (χ0n) is 18.9. The molecule has 1 saturated heterocycles. The maximum atomic E-state index is 14.8. The summed E-state index contributed by atoms with van der Waals surface area (Å²) in [5.74, 6) is -2.57. The van der Waals surface area contributed by atoms with Crippen molar-refractivity contribution in [2.24, 2.45) is 0 Å². The van der Waals surface area contributed by atoms with Crippen molar-refractivity contribution < 1.29 is 27.8 Å². The van der Waals surface area contributed by atoms with E-state index in [9.17, 15) is 18.3 Å². The number of ether oxygens (including phenoxy) is 2. The van der Waals surface area contributed by atoms with Crippen LogP contribution in [-0.2, 0) is 4.74 Å². The maximum absolute atomic E-state index is 14.8. The van der Waals surface area contributed by atoms with Crippen LogP contribution < -0.4 is 4.74 Å². The zero-order valence-corrected chi connectivity index (χ0v) is 18.9. The summed E-state index contributed by atoms with van der Waals surface area (Å²) in [4.78, 5) is 0. The number of rotatable bonds is 7. The highest BCUT2D eigenvalue weighted by Crippen LogP contribution is 2.34. The lowest BCUT2D eigenvalue weighted by Crippen LogP contribution is -2.25. The van der Waals surface area contributed by atoms with E-state index in [1.165, 1.54) is 24.5 Å². The lowest BCUT2D eigenvalue weighted by atomic mass is 9.95. The minimum absolute atomic E-state index is 0.118. The van der Waals surface area contributed by atoms with Crippen LogP contribution in [0.2, 0.25) is 0 Å². The molecule has 1 fully saturated rings. The lowest BCUT2D eigenvalue weighted by molar-refractivity contribution is -0.0580. The van der Waals surface area contributed by atoms with E-state index in [-0.39, 0.29) is 29.8 Å². The second-order valence-corrected chi connectivity index (χ2v) is 8.38. The molecule has 1 N–H and O–H groups in total. The molecule has 6 heteroatoms. The van der Waals surface area contributed by atoms with Gasteiger partial charge in [-0.3, -0.25) is 0 Å². The van der Waals surface area contributed by atoms with E-state index < -0.39 is 17.7 Å². The number of unbranched alkanes of at least 4 members (excludes halogenated alkanes) is 1. The average molecular weight is 469 g/mol. The molecule has 3 aromatic rings. The van der Waals surface area contributed by atoms with Gasteiger partial charge < -0.3 is 14.6 Å². The van der Waals surface area contributed by atoms with Crippen molar-refractivity contribution in [3.8, 4) is 28.0 Å². The Morgan fingerprint density at radius 1 is 0.941 bits per heavy atom. The van der Waals surface area contributed by atoms with Crippen molar-refractivity contribution in [1.82, 2.24) is 0 Å². The highest BCUT2D eigenvalue weighted by Gasteiger charge is 2.24. The first-order valence-corrected chi connectivity index (χ1v) is 11.5. The highest BCUT2D eigenvalue weighted by atomic mass is 19.2. The summed E-state index contributed by atoms with van der Waals surface area (Å²) < 4.78 is 54.7. The molecule has 4 rings (SSSR count). The molecule has 0 spiro atoms. The number of aliphatic hydroxyl groups is 1. The van der Waals surface area contributed by atoms with Crippen molar-refractivity contribution in [3.63, 3.8) is 0 Å². The SMILES string of the molecule is CCC/C=C\Oc1ccc(-c2ccc(-c3ccc(C4CCC(O)CO4)c(F)c3)cc2)c(F)c1F. The summed E-state index contributed by atoms with van der Waals surface area (Å²) in [7, 11) is 0. The first kappa shape index (κ1) is 24.0. The molecule has 1 heterocycles. The number of aliphatic hydroxyl groups excluding tert-OH is 1. The van der Waals surface area contributed by atoms with Gasteiger partial charge in [0.1, 0.15) is 5.82 Å². The fraction of sp³-hybridized carbons (Fsp3) is 0.286. The summed E-state index contributed by atoms with van der Waals surface area (Å²) in [6, 6.07) is 14.7. The third-order valence-corrected chi connectivity index (χ3v) is 5.92. The second-order valence-electron chi connectivity index (χ2n) is 8.38. The van der Waals surface area contributed by atoms with E-state index in [2.05, 4.69) is 0 Å². The molecule has 34 heavy (non-hydrogen) atoms. The maximum Gasteiger partial charge on any atom is 0.201 e. The molecule has 0 aromatic heterocycles. The van der Waals surface area contributed by atoms with Crippen LogP contribution in [0.5, 0.6) is 5.75 Å². The van der Waals surface area contributed by atoms with Crippen molar-refractivity contribution >= 4 is 0 Å². The van der Waals surface area contributed by atoms with Crippen LogP contribution in [0.25, 0.3) is 22.3 Å². The monoisotopic (exact) mass is 468 g/mol. The Bertz CT molecular complexity index is 1150. The van der Waals surface area contributed by atoms with Crippen LogP contribution in [0.4, 0.5) is 13.2 Å². The average Bonchev–Trinajstić information content (AvgIpc) is 2.85. The van der Waals surface area contributed by atoms with Crippen LogP contribution in [0, 0.1) is 17.5 Å². The lowest BCUT2D eigenvalue weighted by Gasteiger charge is -2.26. The minimum atomic E-state index is -1.04. The Balaban J connectivity index is 1.51. The molecule has 0 aliphatic carbocycles. The number of hydrogen-bond donors (Lipinski definition) is 1. The van der Waals surface area contributed by atoms with Crippen molar-refractivity contribution in [2.75, 3.05) is 6.61 Å². The largest absolute Gasteiger partial charge is 0.462 e. The van der Waals surface area contributed by atoms with Crippen molar-refractivity contribution in [3.05, 3.63) is 90.0 Å². The van der Waals surface area contributed by atoms with Crippen LogP contribution in [0.1, 0.15) is 44.3 Å². The van der Waals surface area contributed by atoms with Crippen LogP contribution in [-0.4, -0.2) is 17.8 Å². The van der Waals surface area contributed by atoms with Gasteiger partial charge in [0, 0.05) is 11.1 Å². The Morgan fingerprint density at radius 2 is 1.68 bits per heavy atom. The molecular formula is C28H27F3O3. The van der Waals surface area contributed by atoms with Gasteiger partial charge in [-0.25, -0.2) is 8.78 Å². The standard InChI is InChI=1S/C28H27F3O3/c1-2-3-4-15-33-26-14-12-22(27(30)28(26)31)19-7-5-18(6-8-19)20-9-11-23(24(29)16-20)25-13-10-21(32)17-34-25/h4-9,11-12,14-16,21,25,32H,2-3,10,13,17H2,1H3/b15-4-. The van der Waals surface area contributed by atoms with Gasteiger partial charge in [0.15, 0.2) is 11.6 Å². The van der Waals surface area contributed by atoms with Gasteiger partial charge in [0.25, 0.3) is 0 Å². The zero-order chi connectivity index (χ0) is 24.1. The molecular weight excluding hydrogens is 441 g/mol. The molecule has 1 aliphatic heterocycles. The number of benzene rings is 3. The molecule has 3 aromatic carbocycles. The third-order valence-electron chi connectivity index (χ3n) is 5.92. The van der Waals surface area contributed by atoms with Crippen LogP contribution in [0.15, 0.2) is 66.9 Å². The summed E-state index contributed by atoms with van der Waals surface area (Å²) in [5.41, 5.74) is 2.50. The van der Waals surface area contributed by atoms with Gasteiger partial charge >= 0.3 is 0 Å². The van der Waals surface area contributed by atoms with Gasteiger partial charge in [0.05, 0.1) is 25.1 Å². The quantitative estimate of drug-likeness (QED) is 0.369. The topological polar surface area (TPSA) is 38.7 Å². The van der Waals surface area contributed by atoms with Gasteiger partial charge in [0.2, 0.25) is 5.82 Å². The number of halogens is 3. The molecule has 3 nitrogen and oxygen atoms in total. The van der Waals surface area contributed by atoms with Gasteiger partial charge in [-0.05, 0) is 60.2 Å². The Labute approximate surface area is 197 Å². The Hall–Kier alpha value is -3.09. The molecule has 0 bridgehead atoms. The van der Waals surface area contributed by atoms with Crippen molar-refractivity contribution in [2.45, 2.75) is 44.8 Å². The Morgan fingerprint density at radius 3 is 2.35 bits per heavy atom. The smallest absolute Gasteiger partial charge is 0.201 e. The van der Waals surface area contributed by atoms with E-state index in [1.807, 2.05) is 6.92 Å². The van der Waals surface area contributed by atoms with Gasteiger partial charge in [-0.15, -0.1) is 0 Å². The predicted octanol–water partition coefficient (Wildman–Crippen LogP) is 7.34. The first-order chi connectivity index (χ1) is 16.5. The van der Waals surface area contributed by atoms with Crippen LogP contribution >= 0.6 is 0 Å². The fourth-order valence-corrected chi connectivity index (χ4v) is 3.99. The molecule has 1 aliphatic rings. The van der Waals surface area contributed by atoms with E-state index in [0.717, 1.165) is 18.4 Å². The molecule has 0 saturated carbocycles. The van der Waals surface area contributed by atoms with E-state index in [0.29, 0.717) is 29.5 Å². The normalized spacial score (nSPS) is 18.4. The van der Waals surface area contributed by atoms with Gasteiger partial charge in [-0.1, -0.05) is 49.7 Å². The Kier molecular flexibility index (Phi) is 7.70. The number of allylic oxidation sites excluding steroid dienone is 1. The summed E-state index contributed by atoms with van der Waals surface area (Å²) in [6.07, 6.45) is 5.12.